The maximum absolute atomic E-state index is 11.6. The second kappa shape index (κ2) is 4.92. The van der Waals surface area contributed by atoms with Crippen LogP contribution in [0.5, 0.6) is 0 Å². The van der Waals surface area contributed by atoms with Crippen LogP contribution in [0.3, 0.4) is 0 Å². The zero-order valence-electron chi connectivity index (χ0n) is 9.27. The van der Waals surface area contributed by atoms with Crippen molar-refractivity contribution in [3.8, 4) is 24.7 Å². The van der Waals surface area contributed by atoms with Gasteiger partial charge in [-0.25, -0.2) is 4.79 Å². The lowest BCUT2D eigenvalue weighted by Crippen LogP contribution is -2.50. The molecule has 0 saturated carbocycles. The summed E-state index contributed by atoms with van der Waals surface area (Å²) < 4.78 is 4.88. The van der Waals surface area contributed by atoms with Crippen LogP contribution in [0.1, 0.15) is 19.8 Å². The maximum Gasteiger partial charge on any atom is 0.410 e. The highest BCUT2D eigenvalue weighted by Crippen LogP contribution is 2.27. The van der Waals surface area contributed by atoms with Gasteiger partial charge in [0.05, 0.1) is 12.6 Å². The van der Waals surface area contributed by atoms with Crippen LogP contribution >= 0.6 is 0 Å². The molecule has 1 saturated heterocycles. The number of carbonyl (C=O) groups excluding carboxylic acids is 1. The van der Waals surface area contributed by atoms with E-state index in [0.29, 0.717) is 13.0 Å². The fraction of sp³-hybridized carbons (Fsp3) is 0.583. The third-order valence-corrected chi connectivity index (χ3v) is 2.68. The van der Waals surface area contributed by atoms with E-state index in [0.717, 1.165) is 6.42 Å². The van der Waals surface area contributed by atoms with Gasteiger partial charge in [-0.3, -0.25) is 0 Å². The molecule has 0 bridgehead atoms. The van der Waals surface area contributed by atoms with Crippen LogP contribution in [0.2, 0.25) is 0 Å². The molecule has 1 N–H and O–H groups in total. The number of aliphatic hydroxyl groups is 1. The Bertz CT molecular complexity index is 336. The Morgan fingerprint density at radius 1 is 1.62 bits per heavy atom. The summed E-state index contributed by atoms with van der Waals surface area (Å²) in [4.78, 5) is 13.0. The molecule has 1 aliphatic heterocycles. The molecule has 0 aromatic heterocycles. The molecule has 86 valence electrons. The van der Waals surface area contributed by atoms with Crippen LogP contribution < -0.4 is 0 Å². The molecule has 4 nitrogen and oxygen atoms in total. The smallest absolute Gasteiger partial charge is 0.410 e. The minimum absolute atomic E-state index is 0.284. The van der Waals surface area contributed by atoms with E-state index in [2.05, 4.69) is 11.8 Å². The lowest BCUT2D eigenvalue weighted by Gasteiger charge is -2.31. The first-order valence-corrected chi connectivity index (χ1v) is 5.20. The van der Waals surface area contributed by atoms with Gasteiger partial charge in [-0.2, -0.15) is 0 Å². The Morgan fingerprint density at radius 3 is 2.75 bits per heavy atom. The molecule has 0 aliphatic carbocycles. The van der Waals surface area contributed by atoms with Gasteiger partial charge in [0, 0.05) is 6.54 Å². The molecule has 1 heterocycles. The summed E-state index contributed by atoms with van der Waals surface area (Å²) in [7, 11) is 0. The Balaban J connectivity index is 2.86. The van der Waals surface area contributed by atoms with Crippen molar-refractivity contribution in [2.75, 3.05) is 13.2 Å². The molecule has 1 aliphatic rings. The molecule has 4 heteroatoms. The number of likely N-dealkylation sites (tertiary alicyclic amines) is 1. The predicted molar refractivity (Wildman–Crippen MR) is 59.4 cm³/mol. The molecule has 0 aromatic rings. The fourth-order valence-corrected chi connectivity index (χ4v) is 1.86. The van der Waals surface area contributed by atoms with E-state index in [-0.39, 0.29) is 6.61 Å². The van der Waals surface area contributed by atoms with E-state index in [1.165, 1.54) is 4.90 Å². The second-order valence-corrected chi connectivity index (χ2v) is 3.61. The summed E-state index contributed by atoms with van der Waals surface area (Å²) in [5.41, 5.74) is -1.71. The molecule has 0 unspecified atom stereocenters. The number of amides is 1. The lowest BCUT2D eigenvalue weighted by atomic mass is 9.94. The van der Waals surface area contributed by atoms with Crippen LogP contribution in [-0.2, 0) is 4.74 Å². The van der Waals surface area contributed by atoms with Gasteiger partial charge >= 0.3 is 6.09 Å². The number of rotatable bonds is 2. The summed E-state index contributed by atoms with van der Waals surface area (Å²) >= 11 is 0. The van der Waals surface area contributed by atoms with Gasteiger partial charge in [-0.05, 0) is 19.8 Å². The molecule has 16 heavy (non-hydrogen) atoms. The molecular weight excluding hydrogens is 206 g/mol. The molecule has 1 amide bonds. The average molecular weight is 221 g/mol. The zero-order chi connectivity index (χ0) is 12.2. The number of carbonyl (C=O) groups is 1. The Morgan fingerprint density at radius 2 is 2.25 bits per heavy atom. The SMILES string of the molecule is C#CC(O)(C#C)[C@@H]1CCCN1C(=O)OCC. The minimum atomic E-state index is -1.71. The lowest BCUT2D eigenvalue weighted by molar-refractivity contribution is 0.0458. The Hall–Kier alpha value is -1.65. The molecule has 0 aromatic carbocycles. The van der Waals surface area contributed by atoms with Crippen molar-refractivity contribution in [2.24, 2.45) is 0 Å². The quantitative estimate of drug-likeness (QED) is 0.695. The van der Waals surface area contributed by atoms with Gasteiger partial charge in [-0.15, -0.1) is 12.8 Å². The van der Waals surface area contributed by atoms with Gasteiger partial charge < -0.3 is 14.7 Å². The van der Waals surface area contributed by atoms with Crippen molar-refractivity contribution in [1.29, 1.82) is 0 Å². The maximum atomic E-state index is 11.6. The number of hydrogen-bond acceptors (Lipinski definition) is 3. The summed E-state index contributed by atoms with van der Waals surface area (Å²) in [5.74, 6) is 4.33. The van der Waals surface area contributed by atoms with Gasteiger partial charge in [0.15, 0.2) is 0 Å². The summed E-state index contributed by atoms with van der Waals surface area (Å²) in [6, 6.07) is -0.554. The van der Waals surface area contributed by atoms with Gasteiger partial charge in [0.1, 0.15) is 0 Å². The first-order chi connectivity index (χ1) is 7.59. The molecule has 1 fully saturated rings. The number of terminal acetylenes is 2. The van der Waals surface area contributed by atoms with Crippen LogP contribution in [0.15, 0.2) is 0 Å². The topological polar surface area (TPSA) is 49.8 Å². The number of ether oxygens (including phenoxy) is 1. The summed E-state index contributed by atoms with van der Waals surface area (Å²) in [5, 5.41) is 9.99. The highest BCUT2D eigenvalue weighted by Gasteiger charge is 2.43. The largest absolute Gasteiger partial charge is 0.450 e. The number of hydrogen-bond donors (Lipinski definition) is 1. The normalized spacial score (nSPS) is 20.0. The van der Waals surface area contributed by atoms with Crippen molar-refractivity contribution in [1.82, 2.24) is 4.90 Å². The van der Waals surface area contributed by atoms with Crippen LogP contribution in [0, 0.1) is 24.7 Å². The monoisotopic (exact) mass is 221 g/mol. The van der Waals surface area contributed by atoms with E-state index in [9.17, 15) is 9.90 Å². The van der Waals surface area contributed by atoms with E-state index < -0.39 is 17.7 Å². The minimum Gasteiger partial charge on any atom is -0.450 e. The van der Waals surface area contributed by atoms with E-state index in [1.54, 1.807) is 6.92 Å². The van der Waals surface area contributed by atoms with E-state index in [4.69, 9.17) is 17.6 Å². The average Bonchev–Trinajstić information content (AvgIpc) is 2.78. The van der Waals surface area contributed by atoms with Crippen molar-refractivity contribution in [3.63, 3.8) is 0 Å². The number of nitrogens with zero attached hydrogens (tertiary/aromatic N) is 1. The molecule has 0 radical (unpaired) electrons. The first kappa shape index (κ1) is 12.4. The molecular formula is C12H15NO3. The van der Waals surface area contributed by atoms with Crippen molar-refractivity contribution in [3.05, 3.63) is 0 Å². The van der Waals surface area contributed by atoms with E-state index in [1.807, 2.05) is 0 Å². The van der Waals surface area contributed by atoms with Crippen molar-refractivity contribution in [2.45, 2.75) is 31.4 Å². The Labute approximate surface area is 95.6 Å². The van der Waals surface area contributed by atoms with Gasteiger partial charge in [0.2, 0.25) is 5.60 Å². The summed E-state index contributed by atoms with van der Waals surface area (Å²) in [6.07, 6.45) is 11.3. The second-order valence-electron chi connectivity index (χ2n) is 3.61. The standard InChI is InChI=1S/C12H15NO3/c1-4-12(15,5-2)10-8-7-9-13(10)11(14)16-6-3/h1-2,10,15H,6-9H2,3H3/t10-/m0/s1. The van der Waals surface area contributed by atoms with Crippen LogP contribution in [0.4, 0.5) is 4.79 Å². The fourth-order valence-electron chi connectivity index (χ4n) is 1.86. The highest BCUT2D eigenvalue weighted by atomic mass is 16.6. The molecule has 0 spiro atoms. The predicted octanol–water partition coefficient (Wildman–Crippen LogP) is 0.605. The van der Waals surface area contributed by atoms with Gasteiger partial charge in [0.25, 0.3) is 0 Å². The van der Waals surface area contributed by atoms with E-state index >= 15 is 0 Å². The van der Waals surface area contributed by atoms with Crippen molar-refractivity contribution < 1.29 is 14.6 Å². The third kappa shape index (κ3) is 2.13. The van der Waals surface area contributed by atoms with Crippen LogP contribution in [-0.4, -0.2) is 40.9 Å². The third-order valence-electron chi connectivity index (χ3n) is 2.68. The highest BCUT2D eigenvalue weighted by molar-refractivity contribution is 5.69. The van der Waals surface area contributed by atoms with Crippen LogP contribution in [0.25, 0.3) is 0 Å². The Kier molecular flexibility index (Phi) is 3.82. The van der Waals surface area contributed by atoms with Crippen molar-refractivity contribution >= 4 is 6.09 Å². The zero-order valence-corrected chi connectivity index (χ0v) is 9.27. The molecule has 1 atom stereocenters. The first-order valence-electron chi connectivity index (χ1n) is 5.20. The van der Waals surface area contributed by atoms with Gasteiger partial charge in [-0.1, -0.05) is 11.8 Å². The molecule has 1 rings (SSSR count). The summed E-state index contributed by atoms with van der Waals surface area (Å²) in [6.45, 7) is 2.51.